The Morgan fingerprint density at radius 2 is 1.97 bits per heavy atom. The number of anilines is 1. The molecule has 0 saturated carbocycles. The van der Waals surface area contributed by atoms with E-state index in [1.165, 1.54) is 6.07 Å². The quantitative estimate of drug-likeness (QED) is 0.200. The van der Waals surface area contributed by atoms with Gasteiger partial charge >= 0.3 is 5.69 Å². The molecule has 0 radical (unpaired) electrons. The lowest BCUT2D eigenvalue weighted by molar-refractivity contribution is -0.385. The highest BCUT2D eigenvalue weighted by Gasteiger charge is 2.17. The molecule has 0 aliphatic carbocycles. The van der Waals surface area contributed by atoms with Crippen molar-refractivity contribution in [1.29, 1.82) is 0 Å². The molecule has 0 aliphatic heterocycles. The summed E-state index contributed by atoms with van der Waals surface area (Å²) in [7, 11) is 0. The van der Waals surface area contributed by atoms with Crippen molar-refractivity contribution in [3.05, 3.63) is 59.6 Å². The summed E-state index contributed by atoms with van der Waals surface area (Å²) < 4.78 is 1.43. The molecule has 2 aromatic carbocycles. The highest BCUT2D eigenvalue weighted by Crippen LogP contribution is 2.32. The summed E-state index contributed by atoms with van der Waals surface area (Å²) >= 11 is 5.28. The average Bonchev–Trinajstić information content (AvgIpc) is 2.64. The molecule has 0 bridgehead atoms. The highest BCUT2D eigenvalue weighted by molar-refractivity contribution is 14.1. The molecule has 9 nitrogen and oxygen atoms in total. The fourth-order valence-electron chi connectivity index (χ4n) is 2.28. The van der Waals surface area contributed by atoms with Gasteiger partial charge in [0.1, 0.15) is 0 Å². The Kier molecular flexibility index (Phi) is 8.08. The van der Waals surface area contributed by atoms with Crippen molar-refractivity contribution in [2.24, 2.45) is 5.10 Å². The number of hydrazone groups is 1. The number of nitro benzene ring substituents is 1. The Labute approximate surface area is 188 Å². The molecule has 3 N–H and O–H groups in total. The van der Waals surface area contributed by atoms with Crippen LogP contribution in [-0.2, 0) is 9.59 Å². The van der Waals surface area contributed by atoms with Crippen molar-refractivity contribution in [3.63, 3.8) is 0 Å². The van der Waals surface area contributed by atoms with E-state index in [2.05, 4.69) is 54.4 Å². The largest absolute Gasteiger partial charge is 0.502 e. The number of nitrogens with one attached hydrogen (secondary N) is 2. The van der Waals surface area contributed by atoms with Gasteiger partial charge in [-0.2, -0.15) is 5.10 Å². The van der Waals surface area contributed by atoms with Crippen molar-refractivity contribution in [1.82, 2.24) is 5.43 Å². The van der Waals surface area contributed by atoms with E-state index in [1.54, 1.807) is 6.07 Å². The van der Waals surface area contributed by atoms with Crippen LogP contribution in [0.1, 0.15) is 24.0 Å². The number of hydrogen-bond acceptors (Lipinski definition) is 6. The molecule has 0 atom stereocenters. The number of phenolic OH excluding ortho intramolecular Hbond substituents is 1. The van der Waals surface area contributed by atoms with Gasteiger partial charge < -0.3 is 10.4 Å². The zero-order valence-corrected chi connectivity index (χ0v) is 18.9. The van der Waals surface area contributed by atoms with Crippen molar-refractivity contribution < 1.29 is 19.6 Å². The van der Waals surface area contributed by atoms with Gasteiger partial charge in [0, 0.05) is 38.2 Å². The van der Waals surface area contributed by atoms with Crippen molar-refractivity contribution in [3.8, 4) is 5.75 Å². The number of carbonyl (C=O) groups is 2. The average molecular weight is 575 g/mol. The van der Waals surface area contributed by atoms with Crippen molar-refractivity contribution >= 4 is 67.9 Å². The number of aromatic hydroxyl groups is 1. The first kappa shape index (κ1) is 22.7. The Balaban J connectivity index is 1.88. The van der Waals surface area contributed by atoms with Crippen LogP contribution in [0.2, 0.25) is 0 Å². The Hall–Kier alpha value is -2.54. The van der Waals surface area contributed by atoms with E-state index in [4.69, 9.17) is 0 Å². The van der Waals surface area contributed by atoms with Gasteiger partial charge in [0.05, 0.1) is 11.1 Å². The second-order valence-electron chi connectivity index (χ2n) is 5.92. The number of rotatable bonds is 7. The Morgan fingerprint density at radius 3 is 2.62 bits per heavy atom. The molecule has 2 amide bonds. The summed E-state index contributed by atoms with van der Waals surface area (Å²) in [6.07, 6.45) is 0.942. The lowest BCUT2D eigenvalue weighted by Crippen LogP contribution is -2.21. The zero-order chi connectivity index (χ0) is 21.6. The van der Waals surface area contributed by atoms with Gasteiger partial charge in [0.25, 0.3) is 0 Å². The summed E-state index contributed by atoms with van der Waals surface area (Å²) in [5.41, 5.74) is 3.38. The predicted molar refractivity (Wildman–Crippen MR) is 120 cm³/mol. The minimum Gasteiger partial charge on any atom is -0.502 e. The third kappa shape index (κ3) is 6.78. The van der Waals surface area contributed by atoms with Crippen LogP contribution < -0.4 is 10.7 Å². The number of aryl methyl sites for hydroxylation is 1. The third-order valence-electron chi connectivity index (χ3n) is 3.72. The number of amides is 2. The number of carbonyl (C=O) groups excluding carboxylic acids is 2. The minimum atomic E-state index is -0.732. The van der Waals surface area contributed by atoms with E-state index >= 15 is 0 Å². The van der Waals surface area contributed by atoms with Crippen LogP contribution in [0.25, 0.3) is 0 Å². The lowest BCUT2D eigenvalue weighted by atomic mass is 10.2. The first-order chi connectivity index (χ1) is 13.7. The molecule has 29 heavy (non-hydrogen) atoms. The molecular weight excluding hydrogens is 559 g/mol. The smallest absolute Gasteiger partial charge is 0.312 e. The molecular formula is C18H16BrIN4O5. The van der Waals surface area contributed by atoms with E-state index < -0.39 is 22.3 Å². The number of hydrogen-bond donors (Lipinski definition) is 3. The van der Waals surface area contributed by atoms with Gasteiger partial charge in [0.2, 0.25) is 17.6 Å². The first-order valence-corrected chi connectivity index (χ1v) is 10.1. The van der Waals surface area contributed by atoms with Crippen LogP contribution in [0, 0.1) is 20.6 Å². The molecule has 0 aliphatic rings. The van der Waals surface area contributed by atoms with E-state index in [-0.39, 0.29) is 24.3 Å². The van der Waals surface area contributed by atoms with Gasteiger partial charge in [-0.05, 0) is 59.3 Å². The number of benzene rings is 2. The van der Waals surface area contributed by atoms with Gasteiger partial charge in [-0.1, -0.05) is 15.9 Å². The third-order valence-corrected chi connectivity index (χ3v) is 4.84. The summed E-state index contributed by atoms with van der Waals surface area (Å²) in [6, 6.07) is 8.16. The second kappa shape index (κ2) is 10.3. The van der Waals surface area contributed by atoms with Crippen molar-refractivity contribution in [2.75, 3.05) is 5.32 Å². The van der Waals surface area contributed by atoms with E-state index in [1.807, 2.05) is 19.1 Å². The van der Waals surface area contributed by atoms with Crippen LogP contribution in [0.5, 0.6) is 5.75 Å². The highest BCUT2D eigenvalue weighted by atomic mass is 127. The summed E-state index contributed by atoms with van der Waals surface area (Å²) in [5.74, 6) is -1.39. The normalized spacial score (nSPS) is 10.7. The number of nitro groups is 1. The monoisotopic (exact) mass is 574 g/mol. The van der Waals surface area contributed by atoms with E-state index in [0.29, 0.717) is 10.2 Å². The van der Waals surface area contributed by atoms with Crippen LogP contribution in [-0.4, -0.2) is 28.1 Å². The SMILES string of the molecule is Cc1cc(I)ccc1NC(=O)CCC(=O)NN=Cc1cc(Br)cc([N+](=O)[O-])c1O. The molecule has 2 aromatic rings. The lowest BCUT2D eigenvalue weighted by Gasteiger charge is -2.08. The first-order valence-electron chi connectivity index (χ1n) is 8.22. The fourth-order valence-corrected chi connectivity index (χ4v) is 3.39. The van der Waals surface area contributed by atoms with Gasteiger partial charge in [0.15, 0.2) is 0 Å². The van der Waals surface area contributed by atoms with Gasteiger partial charge in [-0.15, -0.1) is 0 Å². The topological polar surface area (TPSA) is 134 Å². The number of halogens is 2. The molecule has 0 aromatic heterocycles. The summed E-state index contributed by atoms with van der Waals surface area (Å²) in [4.78, 5) is 34.0. The van der Waals surface area contributed by atoms with Crippen LogP contribution in [0.4, 0.5) is 11.4 Å². The predicted octanol–water partition coefficient (Wildman–Crippen LogP) is 3.84. The zero-order valence-electron chi connectivity index (χ0n) is 15.1. The molecule has 11 heteroatoms. The van der Waals surface area contributed by atoms with Crippen LogP contribution in [0.15, 0.2) is 39.9 Å². The Morgan fingerprint density at radius 1 is 1.28 bits per heavy atom. The molecule has 0 spiro atoms. The number of phenols is 1. The molecule has 0 fully saturated rings. The second-order valence-corrected chi connectivity index (χ2v) is 8.08. The van der Waals surface area contributed by atoms with Crippen LogP contribution in [0.3, 0.4) is 0 Å². The van der Waals surface area contributed by atoms with Gasteiger partial charge in [-0.3, -0.25) is 19.7 Å². The maximum Gasteiger partial charge on any atom is 0.312 e. The maximum absolute atomic E-state index is 12.0. The minimum absolute atomic E-state index is 0.0413. The Bertz CT molecular complexity index is 996. The van der Waals surface area contributed by atoms with Gasteiger partial charge in [-0.25, -0.2) is 5.43 Å². The molecule has 2 rings (SSSR count). The summed E-state index contributed by atoms with van der Waals surface area (Å²) in [5, 5.41) is 27.2. The van der Waals surface area contributed by atoms with Crippen molar-refractivity contribution in [2.45, 2.75) is 19.8 Å². The fraction of sp³-hybridized carbons (Fsp3) is 0.167. The van der Waals surface area contributed by atoms with E-state index in [9.17, 15) is 24.8 Å². The standard InChI is InChI=1S/C18H16BrIN4O5/c1-10-6-13(20)2-3-14(10)22-16(25)4-5-17(26)23-21-9-11-7-12(19)8-15(18(11)27)24(28)29/h2-3,6-9,27H,4-5H2,1H3,(H,22,25)(H,23,26). The molecule has 0 saturated heterocycles. The van der Waals surface area contributed by atoms with E-state index in [0.717, 1.165) is 21.4 Å². The summed E-state index contributed by atoms with van der Waals surface area (Å²) in [6.45, 7) is 1.88. The molecule has 0 heterocycles. The maximum atomic E-state index is 12.0. The number of nitrogens with zero attached hydrogens (tertiary/aromatic N) is 2. The molecule has 152 valence electrons. The van der Waals surface area contributed by atoms with Crippen LogP contribution >= 0.6 is 38.5 Å². The molecule has 0 unspecified atom stereocenters.